The van der Waals surface area contributed by atoms with Gasteiger partial charge in [0.25, 0.3) is 0 Å². The van der Waals surface area contributed by atoms with Crippen molar-refractivity contribution in [3.05, 3.63) is 65.7 Å². The summed E-state index contributed by atoms with van der Waals surface area (Å²) in [5.41, 5.74) is 3.82. The maximum atomic E-state index is 3.03. The summed E-state index contributed by atoms with van der Waals surface area (Å²) in [6, 6.07) is 18.5. The van der Waals surface area contributed by atoms with Gasteiger partial charge < -0.3 is 5.32 Å². The van der Waals surface area contributed by atoms with Crippen molar-refractivity contribution in [3.8, 4) is 0 Å². The molecule has 0 bridgehead atoms. The molecule has 0 saturated heterocycles. The Hall–Kier alpha value is -1.76. The fourth-order valence-corrected chi connectivity index (χ4v) is 1.24. The lowest BCUT2D eigenvalue weighted by molar-refractivity contribution is 1.40. The Kier molecular flexibility index (Phi) is 5.13. The molecule has 84 valence electrons. The van der Waals surface area contributed by atoms with Crippen molar-refractivity contribution in [2.75, 3.05) is 12.4 Å². The average Bonchev–Trinajstić information content (AvgIpc) is 2.35. The molecule has 1 heteroatoms. The molecular formula is C15H19N. The summed E-state index contributed by atoms with van der Waals surface area (Å²) in [7, 11) is 1.91. The number of benzene rings is 2. The quantitative estimate of drug-likeness (QED) is 0.754. The van der Waals surface area contributed by atoms with Gasteiger partial charge in [0.05, 0.1) is 0 Å². The molecule has 2 aromatic rings. The van der Waals surface area contributed by atoms with Crippen LogP contribution >= 0.6 is 0 Å². The van der Waals surface area contributed by atoms with Crippen molar-refractivity contribution < 1.29 is 0 Å². The number of anilines is 1. The van der Waals surface area contributed by atoms with Gasteiger partial charge in [-0.3, -0.25) is 0 Å². The van der Waals surface area contributed by atoms with E-state index in [-0.39, 0.29) is 0 Å². The monoisotopic (exact) mass is 213 g/mol. The van der Waals surface area contributed by atoms with Gasteiger partial charge >= 0.3 is 0 Å². The Morgan fingerprint density at radius 3 is 1.44 bits per heavy atom. The average molecular weight is 213 g/mol. The van der Waals surface area contributed by atoms with Gasteiger partial charge in [0.2, 0.25) is 0 Å². The van der Waals surface area contributed by atoms with Gasteiger partial charge in [0.15, 0.2) is 0 Å². The molecule has 0 spiro atoms. The lowest BCUT2D eigenvalue weighted by atomic mass is 10.2. The molecule has 0 aromatic heterocycles. The summed E-state index contributed by atoms with van der Waals surface area (Å²) in [6.07, 6.45) is 0. The molecule has 0 aliphatic rings. The second-order valence-corrected chi connectivity index (χ2v) is 3.77. The topological polar surface area (TPSA) is 12.0 Å². The molecule has 0 unspecified atom stereocenters. The summed E-state index contributed by atoms with van der Waals surface area (Å²) >= 11 is 0. The van der Waals surface area contributed by atoms with E-state index in [4.69, 9.17) is 0 Å². The summed E-state index contributed by atoms with van der Waals surface area (Å²) < 4.78 is 0. The van der Waals surface area contributed by atoms with E-state index in [9.17, 15) is 0 Å². The molecule has 1 nitrogen and oxygen atoms in total. The largest absolute Gasteiger partial charge is 0.388 e. The van der Waals surface area contributed by atoms with Gasteiger partial charge in [-0.05, 0) is 26.0 Å². The van der Waals surface area contributed by atoms with Crippen molar-refractivity contribution in [2.45, 2.75) is 13.8 Å². The zero-order valence-corrected chi connectivity index (χ0v) is 10.2. The number of rotatable bonds is 1. The van der Waals surface area contributed by atoms with E-state index in [2.05, 4.69) is 43.4 Å². The third-order valence-corrected chi connectivity index (χ3v) is 2.28. The number of aryl methyl sites for hydroxylation is 2. The summed E-state index contributed by atoms with van der Waals surface area (Å²) in [5, 5.41) is 3.03. The summed E-state index contributed by atoms with van der Waals surface area (Å²) in [6.45, 7) is 4.19. The first-order valence-corrected chi connectivity index (χ1v) is 5.48. The molecule has 0 amide bonds. The lowest BCUT2D eigenvalue weighted by Gasteiger charge is -1.94. The molecular weight excluding hydrogens is 194 g/mol. The fourth-order valence-electron chi connectivity index (χ4n) is 1.24. The third kappa shape index (κ3) is 4.65. The first-order chi connectivity index (χ1) is 7.72. The molecule has 2 aromatic carbocycles. The molecule has 1 N–H and O–H groups in total. The van der Waals surface area contributed by atoms with Gasteiger partial charge in [0, 0.05) is 12.7 Å². The number of nitrogens with one attached hydrogen (secondary N) is 1. The minimum Gasteiger partial charge on any atom is -0.388 e. The van der Waals surface area contributed by atoms with Gasteiger partial charge in [-0.2, -0.15) is 0 Å². The zero-order valence-electron chi connectivity index (χ0n) is 10.2. The van der Waals surface area contributed by atoms with E-state index >= 15 is 0 Å². The van der Waals surface area contributed by atoms with Gasteiger partial charge in [-0.15, -0.1) is 0 Å². The molecule has 0 saturated carbocycles. The van der Waals surface area contributed by atoms with E-state index < -0.39 is 0 Å². The minimum atomic E-state index is 1.16. The molecule has 0 aliphatic heterocycles. The Labute approximate surface area is 98.1 Å². The predicted octanol–water partition coefficient (Wildman–Crippen LogP) is 4.03. The van der Waals surface area contributed by atoms with Crippen LogP contribution in [0.4, 0.5) is 5.69 Å². The van der Waals surface area contributed by atoms with Crippen LogP contribution in [0.3, 0.4) is 0 Å². The number of hydrogen-bond acceptors (Lipinski definition) is 1. The van der Waals surface area contributed by atoms with Crippen LogP contribution in [0.2, 0.25) is 0 Å². The Morgan fingerprint density at radius 1 is 0.688 bits per heavy atom. The Balaban J connectivity index is 0.000000160. The highest BCUT2D eigenvalue weighted by molar-refractivity contribution is 5.41. The van der Waals surface area contributed by atoms with Crippen LogP contribution in [0.1, 0.15) is 11.1 Å². The zero-order chi connectivity index (χ0) is 11.8. The van der Waals surface area contributed by atoms with Gasteiger partial charge in [-0.25, -0.2) is 0 Å². The second-order valence-electron chi connectivity index (χ2n) is 3.77. The first-order valence-electron chi connectivity index (χ1n) is 5.48. The van der Waals surface area contributed by atoms with Crippen molar-refractivity contribution in [1.82, 2.24) is 0 Å². The van der Waals surface area contributed by atoms with Crippen LogP contribution in [-0.4, -0.2) is 7.05 Å². The highest BCUT2D eigenvalue weighted by Gasteiger charge is 1.80. The third-order valence-electron chi connectivity index (χ3n) is 2.28. The maximum Gasteiger partial charge on any atom is 0.0337 e. The van der Waals surface area contributed by atoms with Crippen LogP contribution in [0.15, 0.2) is 54.6 Å². The van der Waals surface area contributed by atoms with E-state index in [0.717, 1.165) is 5.69 Å². The van der Waals surface area contributed by atoms with E-state index in [1.807, 2.05) is 37.4 Å². The first kappa shape index (κ1) is 12.3. The van der Waals surface area contributed by atoms with E-state index in [1.165, 1.54) is 11.1 Å². The minimum absolute atomic E-state index is 1.16. The Bertz CT molecular complexity index is 369. The fraction of sp³-hybridized carbons (Fsp3) is 0.200. The molecule has 0 radical (unpaired) electrons. The van der Waals surface area contributed by atoms with Gasteiger partial charge in [0.1, 0.15) is 0 Å². The van der Waals surface area contributed by atoms with Crippen LogP contribution in [0.25, 0.3) is 0 Å². The van der Waals surface area contributed by atoms with Crippen molar-refractivity contribution in [1.29, 1.82) is 0 Å². The highest BCUT2D eigenvalue weighted by Crippen LogP contribution is 2.01. The molecule has 0 heterocycles. The van der Waals surface area contributed by atoms with Crippen LogP contribution in [0.5, 0.6) is 0 Å². The van der Waals surface area contributed by atoms with Crippen molar-refractivity contribution in [3.63, 3.8) is 0 Å². The van der Waals surface area contributed by atoms with Crippen molar-refractivity contribution >= 4 is 5.69 Å². The normalized spacial score (nSPS) is 8.94. The van der Waals surface area contributed by atoms with E-state index in [0.29, 0.717) is 0 Å². The van der Waals surface area contributed by atoms with Crippen molar-refractivity contribution in [2.24, 2.45) is 0 Å². The molecule has 16 heavy (non-hydrogen) atoms. The van der Waals surface area contributed by atoms with Crippen LogP contribution in [-0.2, 0) is 0 Å². The lowest BCUT2D eigenvalue weighted by Crippen LogP contribution is -1.84. The van der Waals surface area contributed by atoms with Gasteiger partial charge in [-0.1, -0.05) is 53.6 Å². The standard InChI is InChI=1S/C8H10.C7H9N/c1-7-3-5-8(2)6-4-7;1-8-7-5-3-2-4-6-7/h3-6H,1-2H3;2-6,8H,1H3. The molecule has 0 aliphatic carbocycles. The SMILES string of the molecule is CNc1ccccc1.Cc1ccc(C)cc1. The van der Waals surface area contributed by atoms with Crippen LogP contribution < -0.4 is 5.32 Å². The molecule has 0 atom stereocenters. The smallest absolute Gasteiger partial charge is 0.0337 e. The molecule has 0 fully saturated rings. The summed E-state index contributed by atoms with van der Waals surface area (Å²) in [4.78, 5) is 0. The Morgan fingerprint density at radius 2 is 1.12 bits per heavy atom. The van der Waals surface area contributed by atoms with E-state index in [1.54, 1.807) is 0 Å². The van der Waals surface area contributed by atoms with Crippen LogP contribution in [0, 0.1) is 13.8 Å². The number of para-hydroxylation sites is 1. The maximum absolute atomic E-state index is 3.03. The summed E-state index contributed by atoms with van der Waals surface area (Å²) in [5.74, 6) is 0. The second kappa shape index (κ2) is 6.67. The highest BCUT2D eigenvalue weighted by atomic mass is 14.8. The number of hydrogen-bond donors (Lipinski definition) is 1. The predicted molar refractivity (Wildman–Crippen MR) is 71.9 cm³/mol. The molecule has 2 rings (SSSR count).